The molecule has 1 rings (SSSR count). The van der Waals surface area contributed by atoms with Gasteiger partial charge in [0.15, 0.2) is 0 Å². The van der Waals surface area contributed by atoms with Crippen LogP contribution in [0.3, 0.4) is 0 Å². The van der Waals surface area contributed by atoms with E-state index in [4.69, 9.17) is 4.74 Å². The average molecular weight is 242 g/mol. The van der Waals surface area contributed by atoms with Gasteiger partial charge in [-0.2, -0.15) is 11.8 Å². The van der Waals surface area contributed by atoms with E-state index in [1.807, 2.05) is 0 Å². The molecule has 0 saturated carbocycles. The Hall–Kier alpha value is -1.03. The number of esters is 1. The molecule has 16 heavy (non-hydrogen) atoms. The van der Waals surface area contributed by atoms with Gasteiger partial charge in [0.1, 0.15) is 12.4 Å². The fourth-order valence-electron chi connectivity index (χ4n) is 1.12. The van der Waals surface area contributed by atoms with Crippen molar-refractivity contribution < 1.29 is 13.9 Å². The summed E-state index contributed by atoms with van der Waals surface area (Å²) < 4.78 is 17.6. The summed E-state index contributed by atoms with van der Waals surface area (Å²) in [7, 11) is 0. The molecule has 0 heterocycles. The first kappa shape index (κ1) is 13.0. The zero-order chi connectivity index (χ0) is 11.8. The third-order valence-electron chi connectivity index (χ3n) is 1.97. The smallest absolute Gasteiger partial charge is 0.306 e. The van der Waals surface area contributed by atoms with Gasteiger partial charge in [-0.1, -0.05) is 19.1 Å². The SMILES string of the molecule is CCSCCC(=O)OCc1ccc(F)cc1. The van der Waals surface area contributed by atoms with Crippen molar-refractivity contribution in [2.24, 2.45) is 0 Å². The molecular formula is C12H15FO2S. The third kappa shape index (κ3) is 5.16. The van der Waals surface area contributed by atoms with Crippen molar-refractivity contribution in [3.8, 4) is 0 Å². The molecule has 0 N–H and O–H groups in total. The van der Waals surface area contributed by atoms with Gasteiger partial charge in [0, 0.05) is 5.75 Å². The van der Waals surface area contributed by atoms with E-state index in [0.717, 1.165) is 17.1 Å². The van der Waals surface area contributed by atoms with Crippen molar-refractivity contribution in [1.82, 2.24) is 0 Å². The highest BCUT2D eigenvalue weighted by Gasteiger charge is 2.03. The Morgan fingerprint density at radius 1 is 1.38 bits per heavy atom. The van der Waals surface area contributed by atoms with Crippen LogP contribution in [0.15, 0.2) is 24.3 Å². The van der Waals surface area contributed by atoms with E-state index < -0.39 is 0 Å². The Kier molecular flexibility index (Phi) is 5.93. The molecule has 0 aliphatic rings. The van der Waals surface area contributed by atoms with E-state index in [1.54, 1.807) is 23.9 Å². The fraction of sp³-hybridized carbons (Fsp3) is 0.417. The monoisotopic (exact) mass is 242 g/mol. The van der Waals surface area contributed by atoms with Crippen molar-refractivity contribution in [2.45, 2.75) is 20.0 Å². The normalized spacial score (nSPS) is 10.1. The largest absolute Gasteiger partial charge is 0.461 e. The van der Waals surface area contributed by atoms with Crippen LogP contribution in [0.5, 0.6) is 0 Å². The van der Waals surface area contributed by atoms with Gasteiger partial charge in [0.05, 0.1) is 6.42 Å². The van der Waals surface area contributed by atoms with E-state index in [-0.39, 0.29) is 18.4 Å². The maximum Gasteiger partial charge on any atom is 0.306 e. The highest BCUT2D eigenvalue weighted by molar-refractivity contribution is 7.99. The average Bonchev–Trinajstić information content (AvgIpc) is 2.29. The zero-order valence-electron chi connectivity index (χ0n) is 9.24. The Morgan fingerprint density at radius 3 is 2.69 bits per heavy atom. The maximum absolute atomic E-state index is 12.6. The molecule has 0 spiro atoms. The molecule has 0 fully saturated rings. The summed E-state index contributed by atoms with van der Waals surface area (Å²) in [6, 6.07) is 5.94. The van der Waals surface area contributed by atoms with Crippen LogP contribution in [0, 0.1) is 5.82 Å². The van der Waals surface area contributed by atoms with Gasteiger partial charge in [-0.3, -0.25) is 4.79 Å². The first-order valence-corrected chi connectivity index (χ1v) is 6.35. The second-order valence-corrected chi connectivity index (χ2v) is 4.63. The van der Waals surface area contributed by atoms with E-state index in [9.17, 15) is 9.18 Å². The Balaban J connectivity index is 2.23. The first-order valence-electron chi connectivity index (χ1n) is 5.20. The number of ether oxygens (including phenoxy) is 1. The predicted molar refractivity (Wildman–Crippen MR) is 63.8 cm³/mol. The molecule has 0 aliphatic carbocycles. The summed E-state index contributed by atoms with van der Waals surface area (Å²) in [4.78, 5) is 11.2. The molecule has 0 aliphatic heterocycles. The molecule has 0 amide bonds. The summed E-state index contributed by atoms with van der Waals surface area (Å²) >= 11 is 1.71. The van der Waals surface area contributed by atoms with Crippen molar-refractivity contribution in [3.63, 3.8) is 0 Å². The van der Waals surface area contributed by atoms with Gasteiger partial charge in [0.25, 0.3) is 0 Å². The lowest BCUT2D eigenvalue weighted by Gasteiger charge is -2.04. The van der Waals surface area contributed by atoms with Crippen LogP contribution in [0.25, 0.3) is 0 Å². The molecule has 0 radical (unpaired) electrons. The van der Waals surface area contributed by atoms with Gasteiger partial charge in [-0.05, 0) is 23.4 Å². The van der Waals surface area contributed by atoms with Crippen molar-refractivity contribution in [3.05, 3.63) is 35.6 Å². The van der Waals surface area contributed by atoms with E-state index in [1.165, 1.54) is 12.1 Å². The van der Waals surface area contributed by atoms with E-state index in [0.29, 0.717) is 6.42 Å². The first-order chi connectivity index (χ1) is 7.72. The Labute approximate surface area is 99.2 Å². The van der Waals surface area contributed by atoms with Gasteiger partial charge in [-0.15, -0.1) is 0 Å². The molecule has 2 nitrogen and oxygen atoms in total. The molecule has 0 atom stereocenters. The lowest BCUT2D eigenvalue weighted by molar-refractivity contribution is -0.144. The number of carbonyl (C=O) groups excluding carboxylic acids is 1. The van der Waals surface area contributed by atoms with E-state index >= 15 is 0 Å². The van der Waals surface area contributed by atoms with Crippen LogP contribution in [0.1, 0.15) is 18.9 Å². The van der Waals surface area contributed by atoms with Gasteiger partial charge >= 0.3 is 5.97 Å². The Bertz CT molecular complexity index is 324. The Morgan fingerprint density at radius 2 is 2.06 bits per heavy atom. The molecule has 0 aromatic heterocycles. The number of carbonyl (C=O) groups is 1. The second-order valence-electron chi connectivity index (χ2n) is 3.23. The summed E-state index contributed by atoms with van der Waals surface area (Å²) in [6.07, 6.45) is 0.430. The molecule has 0 bridgehead atoms. The number of hydrogen-bond acceptors (Lipinski definition) is 3. The number of rotatable bonds is 6. The zero-order valence-corrected chi connectivity index (χ0v) is 10.1. The highest BCUT2D eigenvalue weighted by Crippen LogP contribution is 2.06. The molecule has 1 aromatic rings. The number of thioether (sulfide) groups is 1. The van der Waals surface area contributed by atoms with Crippen LogP contribution in [0.4, 0.5) is 4.39 Å². The summed E-state index contributed by atoms with van der Waals surface area (Å²) in [5, 5.41) is 0. The van der Waals surface area contributed by atoms with Crippen molar-refractivity contribution in [1.29, 1.82) is 0 Å². The molecule has 1 aromatic carbocycles. The number of halogens is 1. The minimum atomic E-state index is -0.283. The topological polar surface area (TPSA) is 26.3 Å². The lowest BCUT2D eigenvalue weighted by Crippen LogP contribution is -2.05. The summed E-state index contributed by atoms with van der Waals surface area (Å²) in [5.74, 6) is 1.31. The molecule has 4 heteroatoms. The second kappa shape index (κ2) is 7.28. The quantitative estimate of drug-likeness (QED) is 0.566. The van der Waals surface area contributed by atoms with E-state index in [2.05, 4.69) is 6.92 Å². The maximum atomic E-state index is 12.6. The molecule has 0 unspecified atom stereocenters. The van der Waals surface area contributed by atoms with Crippen molar-refractivity contribution >= 4 is 17.7 Å². The number of hydrogen-bond donors (Lipinski definition) is 0. The van der Waals surface area contributed by atoms with Crippen LogP contribution in [-0.4, -0.2) is 17.5 Å². The fourth-order valence-corrected chi connectivity index (χ4v) is 1.72. The minimum Gasteiger partial charge on any atom is -0.461 e. The molecule has 0 saturated heterocycles. The van der Waals surface area contributed by atoms with Gasteiger partial charge < -0.3 is 4.74 Å². The third-order valence-corrected chi connectivity index (χ3v) is 2.87. The van der Waals surface area contributed by atoms with Crippen LogP contribution >= 0.6 is 11.8 Å². The lowest BCUT2D eigenvalue weighted by atomic mass is 10.2. The van der Waals surface area contributed by atoms with Crippen molar-refractivity contribution in [2.75, 3.05) is 11.5 Å². The molecular weight excluding hydrogens is 227 g/mol. The van der Waals surface area contributed by atoms with Gasteiger partial charge in [-0.25, -0.2) is 4.39 Å². The summed E-state index contributed by atoms with van der Waals surface area (Å²) in [6.45, 7) is 2.27. The molecule has 88 valence electrons. The minimum absolute atomic E-state index is 0.203. The van der Waals surface area contributed by atoms with Gasteiger partial charge in [0.2, 0.25) is 0 Å². The highest BCUT2D eigenvalue weighted by atomic mass is 32.2. The standard InChI is InChI=1S/C12H15FO2S/c1-2-16-8-7-12(14)15-9-10-3-5-11(13)6-4-10/h3-6H,2,7-9H2,1H3. The predicted octanol–water partition coefficient (Wildman–Crippen LogP) is 3.01. The van der Waals surface area contributed by atoms with Crippen LogP contribution in [-0.2, 0) is 16.1 Å². The van der Waals surface area contributed by atoms with Crippen LogP contribution < -0.4 is 0 Å². The number of benzene rings is 1. The summed E-state index contributed by atoms with van der Waals surface area (Å²) in [5.41, 5.74) is 0.804. The van der Waals surface area contributed by atoms with Crippen LogP contribution in [0.2, 0.25) is 0 Å².